The number of carbonyl (C=O) groups excluding carboxylic acids is 1. The van der Waals surface area contributed by atoms with Gasteiger partial charge in [-0.05, 0) is 11.6 Å². The second kappa shape index (κ2) is 11.0. The van der Waals surface area contributed by atoms with Crippen LogP contribution in [0.5, 0.6) is 0 Å². The van der Waals surface area contributed by atoms with Gasteiger partial charge in [0.1, 0.15) is 0 Å². The Morgan fingerprint density at radius 3 is 2.15 bits per heavy atom. The van der Waals surface area contributed by atoms with Crippen LogP contribution < -0.4 is 21.9 Å². The summed E-state index contributed by atoms with van der Waals surface area (Å²) in [5.41, 5.74) is 13.8. The average Bonchev–Trinajstić information content (AvgIpc) is 2.75. The summed E-state index contributed by atoms with van der Waals surface area (Å²) in [6.45, 7) is 10.3. The van der Waals surface area contributed by atoms with Gasteiger partial charge in [-0.15, -0.1) is 0 Å². The summed E-state index contributed by atoms with van der Waals surface area (Å²) in [6.07, 6.45) is 0.433. The van der Waals surface area contributed by atoms with Crippen LogP contribution in [0.25, 0.3) is 11.4 Å². The summed E-state index contributed by atoms with van der Waals surface area (Å²) in [5.74, 6) is 5.80. The lowest BCUT2D eigenvalue weighted by Crippen LogP contribution is -2.33. The van der Waals surface area contributed by atoms with Gasteiger partial charge in [0.25, 0.3) is 0 Å². The van der Waals surface area contributed by atoms with Gasteiger partial charge < -0.3 is 16.1 Å². The van der Waals surface area contributed by atoms with Crippen LogP contribution >= 0.6 is 0 Å². The molecule has 0 fully saturated rings. The van der Waals surface area contributed by atoms with E-state index in [1.54, 1.807) is 4.90 Å². The molecule has 0 radical (unpaired) electrons. The van der Waals surface area contributed by atoms with E-state index in [0.29, 0.717) is 24.4 Å². The Bertz CT molecular complexity index is 783. The van der Waals surface area contributed by atoms with E-state index in [1.807, 2.05) is 83.1 Å². The topological polar surface area (TPSA) is 84.4 Å². The SMILES string of the molecule is CC.CC.CCC(=O)N1Cc2ccccc2/C(NN)=C(/N)c2ccccc21. The van der Waals surface area contributed by atoms with E-state index in [9.17, 15) is 4.79 Å². The van der Waals surface area contributed by atoms with Crippen molar-refractivity contribution in [3.8, 4) is 0 Å². The van der Waals surface area contributed by atoms with E-state index in [0.717, 1.165) is 22.4 Å². The first-order chi connectivity index (χ1) is 13.2. The first-order valence-electron chi connectivity index (χ1n) is 9.61. The Kier molecular flexibility index (Phi) is 9.09. The number of nitrogens with zero attached hydrogens (tertiary/aromatic N) is 1. The average molecular weight is 369 g/mol. The van der Waals surface area contributed by atoms with Gasteiger partial charge in [0.2, 0.25) is 5.91 Å². The molecule has 5 heteroatoms. The molecule has 0 unspecified atom stereocenters. The minimum Gasteiger partial charge on any atom is -0.396 e. The number of para-hydroxylation sites is 1. The fourth-order valence-electron chi connectivity index (χ4n) is 2.94. The molecule has 0 aliphatic carbocycles. The molecule has 0 aromatic heterocycles. The van der Waals surface area contributed by atoms with Gasteiger partial charge >= 0.3 is 0 Å². The van der Waals surface area contributed by atoms with Crippen LogP contribution in [0.4, 0.5) is 5.69 Å². The van der Waals surface area contributed by atoms with Crippen LogP contribution in [0.2, 0.25) is 0 Å². The first kappa shape index (κ1) is 22.3. The van der Waals surface area contributed by atoms with E-state index in [1.165, 1.54) is 0 Å². The number of rotatable bonds is 2. The molecule has 0 spiro atoms. The van der Waals surface area contributed by atoms with Crippen molar-refractivity contribution in [3.63, 3.8) is 0 Å². The van der Waals surface area contributed by atoms with Gasteiger partial charge in [0, 0.05) is 17.5 Å². The van der Waals surface area contributed by atoms with E-state index in [-0.39, 0.29) is 5.91 Å². The number of amides is 1. The second-order valence-corrected chi connectivity index (χ2v) is 5.44. The van der Waals surface area contributed by atoms with Crippen molar-refractivity contribution in [2.45, 2.75) is 47.6 Å². The molecular formula is C22H32N4O. The summed E-state index contributed by atoms with van der Waals surface area (Å²) in [5, 5.41) is 0. The Balaban J connectivity index is 0.000000855. The number of hydrogen-bond acceptors (Lipinski definition) is 4. The summed E-state index contributed by atoms with van der Waals surface area (Å²) >= 11 is 0. The number of nitrogens with one attached hydrogen (secondary N) is 1. The zero-order chi connectivity index (χ0) is 20.4. The van der Waals surface area contributed by atoms with Crippen LogP contribution in [0.1, 0.15) is 57.7 Å². The molecule has 5 nitrogen and oxygen atoms in total. The molecule has 1 amide bonds. The molecule has 0 bridgehead atoms. The highest BCUT2D eigenvalue weighted by Crippen LogP contribution is 2.34. The molecule has 2 aromatic rings. The van der Waals surface area contributed by atoms with Crippen LogP contribution in [0.15, 0.2) is 48.5 Å². The lowest BCUT2D eigenvalue weighted by Gasteiger charge is -2.29. The van der Waals surface area contributed by atoms with Crippen molar-refractivity contribution in [1.29, 1.82) is 0 Å². The normalized spacial score (nSPS) is 14.8. The Labute approximate surface area is 163 Å². The van der Waals surface area contributed by atoms with E-state index in [4.69, 9.17) is 11.6 Å². The summed E-state index contributed by atoms with van der Waals surface area (Å²) in [7, 11) is 0. The van der Waals surface area contributed by atoms with Crippen molar-refractivity contribution in [2.75, 3.05) is 4.90 Å². The summed E-state index contributed by atoms with van der Waals surface area (Å²) in [4.78, 5) is 14.3. The lowest BCUT2D eigenvalue weighted by atomic mass is 9.96. The molecule has 3 rings (SSSR count). The molecule has 2 aromatic carbocycles. The number of anilines is 1. The van der Waals surface area contributed by atoms with Gasteiger partial charge in [-0.3, -0.25) is 10.6 Å². The number of carbonyl (C=O) groups is 1. The van der Waals surface area contributed by atoms with Crippen LogP contribution in [-0.4, -0.2) is 5.91 Å². The lowest BCUT2D eigenvalue weighted by molar-refractivity contribution is -0.118. The van der Waals surface area contributed by atoms with Gasteiger partial charge in [0.15, 0.2) is 0 Å². The van der Waals surface area contributed by atoms with Gasteiger partial charge in [-0.1, -0.05) is 77.1 Å². The molecular weight excluding hydrogens is 336 g/mol. The maximum Gasteiger partial charge on any atom is 0.227 e. The van der Waals surface area contributed by atoms with Crippen molar-refractivity contribution in [1.82, 2.24) is 5.43 Å². The molecule has 27 heavy (non-hydrogen) atoms. The zero-order valence-corrected chi connectivity index (χ0v) is 17.0. The smallest absolute Gasteiger partial charge is 0.227 e. The predicted octanol–water partition coefficient (Wildman–Crippen LogP) is 4.24. The highest BCUT2D eigenvalue weighted by Gasteiger charge is 2.24. The minimum atomic E-state index is 0.0595. The predicted molar refractivity (Wildman–Crippen MR) is 115 cm³/mol. The maximum absolute atomic E-state index is 12.5. The number of hydrogen-bond donors (Lipinski definition) is 3. The highest BCUT2D eigenvalue weighted by molar-refractivity contribution is 6.00. The minimum absolute atomic E-state index is 0.0595. The molecule has 0 atom stereocenters. The van der Waals surface area contributed by atoms with Gasteiger partial charge in [-0.25, -0.2) is 0 Å². The fraction of sp³-hybridized carbons (Fsp3) is 0.318. The fourth-order valence-corrected chi connectivity index (χ4v) is 2.94. The quantitative estimate of drug-likeness (QED) is 0.547. The zero-order valence-electron chi connectivity index (χ0n) is 17.0. The van der Waals surface area contributed by atoms with E-state index >= 15 is 0 Å². The van der Waals surface area contributed by atoms with Gasteiger partial charge in [0.05, 0.1) is 23.6 Å². The molecule has 1 aliphatic rings. The van der Waals surface area contributed by atoms with E-state index in [2.05, 4.69) is 5.43 Å². The van der Waals surface area contributed by atoms with Crippen molar-refractivity contribution in [3.05, 3.63) is 65.2 Å². The largest absolute Gasteiger partial charge is 0.396 e. The Morgan fingerprint density at radius 2 is 1.56 bits per heavy atom. The van der Waals surface area contributed by atoms with Crippen molar-refractivity contribution in [2.24, 2.45) is 11.6 Å². The monoisotopic (exact) mass is 368 g/mol. The van der Waals surface area contributed by atoms with Crippen LogP contribution in [0, 0.1) is 0 Å². The van der Waals surface area contributed by atoms with Crippen molar-refractivity contribution < 1.29 is 4.79 Å². The third kappa shape index (κ3) is 4.68. The third-order valence-corrected chi connectivity index (χ3v) is 4.12. The number of benzene rings is 2. The third-order valence-electron chi connectivity index (χ3n) is 4.12. The molecule has 0 saturated heterocycles. The molecule has 0 saturated carbocycles. The van der Waals surface area contributed by atoms with Crippen LogP contribution in [-0.2, 0) is 11.3 Å². The maximum atomic E-state index is 12.5. The molecule has 1 aliphatic heterocycles. The summed E-state index contributed by atoms with van der Waals surface area (Å²) < 4.78 is 0. The second-order valence-electron chi connectivity index (χ2n) is 5.44. The van der Waals surface area contributed by atoms with Crippen LogP contribution in [0.3, 0.4) is 0 Å². The Morgan fingerprint density at radius 1 is 1.00 bits per heavy atom. The first-order valence-corrected chi connectivity index (χ1v) is 9.61. The van der Waals surface area contributed by atoms with Gasteiger partial charge in [-0.2, -0.15) is 0 Å². The number of nitrogens with two attached hydrogens (primary N) is 2. The molecule has 146 valence electrons. The molecule has 1 heterocycles. The number of fused-ring (bicyclic) bond motifs is 2. The highest BCUT2D eigenvalue weighted by atomic mass is 16.2. The summed E-state index contributed by atoms with van der Waals surface area (Å²) in [6, 6.07) is 15.5. The Hall–Kier alpha value is -2.79. The standard InChI is InChI=1S/C18H20N4O.2C2H6/c1-2-16(23)22-11-12-7-3-4-8-13(12)18(21-20)17(19)14-9-5-6-10-15(14)22;2*1-2/h3-10,21H,2,11,19-20H2,1H3;2*1-2H3/b18-17-;;. The van der Waals surface area contributed by atoms with Crippen molar-refractivity contribution >= 4 is 23.0 Å². The molecule has 5 N–H and O–H groups in total. The van der Waals surface area contributed by atoms with E-state index < -0.39 is 0 Å². The number of hydrazine groups is 1.